The minimum Gasteiger partial charge on any atom is -0.481 e. The van der Waals surface area contributed by atoms with Crippen LogP contribution in [0.15, 0.2) is 4.52 Å². The van der Waals surface area contributed by atoms with E-state index >= 15 is 0 Å². The van der Waals surface area contributed by atoms with E-state index in [1.54, 1.807) is 0 Å². The van der Waals surface area contributed by atoms with E-state index < -0.39 is 5.97 Å². The molecule has 0 aromatic carbocycles. The fourth-order valence-corrected chi connectivity index (χ4v) is 2.87. The molecule has 1 N–H and O–H groups in total. The van der Waals surface area contributed by atoms with Gasteiger partial charge in [0.25, 0.3) is 0 Å². The number of hydrogen-bond donors (Lipinski definition) is 1. The van der Waals surface area contributed by atoms with Crippen LogP contribution in [-0.4, -0.2) is 21.2 Å². The molecule has 1 fully saturated rings. The van der Waals surface area contributed by atoms with Crippen molar-refractivity contribution in [3.8, 4) is 0 Å². The molecule has 1 aromatic rings. The van der Waals surface area contributed by atoms with Crippen molar-refractivity contribution in [3.05, 3.63) is 11.7 Å². The Morgan fingerprint density at radius 1 is 1.53 bits per heavy atom. The molecule has 2 rings (SSSR count). The van der Waals surface area contributed by atoms with Crippen molar-refractivity contribution in [2.75, 3.05) is 0 Å². The average Bonchev–Trinajstić information content (AvgIpc) is 2.95. The van der Waals surface area contributed by atoms with Crippen molar-refractivity contribution in [1.29, 1.82) is 0 Å². The number of nitrogens with zero attached hydrogens (tertiary/aromatic N) is 2. The highest BCUT2D eigenvalue weighted by Gasteiger charge is 2.28. The molecule has 1 aromatic heterocycles. The summed E-state index contributed by atoms with van der Waals surface area (Å²) < 4.78 is 5.24. The normalized spacial score (nSPS) is 24.5. The maximum Gasteiger partial charge on any atom is 0.303 e. The Morgan fingerprint density at radius 2 is 2.32 bits per heavy atom. The number of hydrogen-bond acceptors (Lipinski definition) is 4. The van der Waals surface area contributed by atoms with Crippen LogP contribution in [0.2, 0.25) is 0 Å². The first-order valence-electron chi connectivity index (χ1n) is 7.12. The maximum absolute atomic E-state index is 10.6. The molecule has 0 amide bonds. The summed E-state index contributed by atoms with van der Waals surface area (Å²) in [4.78, 5) is 15.1. The number of aromatic nitrogens is 2. The van der Waals surface area contributed by atoms with Gasteiger partial charge in [0.2, 0.25) is 5.89 Å². The van der Waals surface area contributed by atoms with Gasteiger partial charge in [-0.1, -0.05) is 25.4 Å². The topological polar surface area (TPSA) is 76.2 Å². The first kappa shape index (κ1) is 14.0. The Balaban J connectivity index is 1.90. The third kappa shape index (κ3) is 3.78. The van der Waals surface area contributed by atoms with Gasteiger partial charge in [-0.3, -0.25) is 4.79 Å². The summed E-state index contributed by atoms with van der Waals surface area (Å²) in [6.45, 7) is 4.11. The minimum absolute atomic E-state index is 0.0257. The zero-order valence-electron chi connectivity index (χ0n) is 11.6. The van der Waals surface area contributed by atoms with Crippen molar-refractivity contribution in [2.45, 2.75) is 58.3 Å². The van der Waals surface area contributed by atoms with Crippen LogP contribution in [0.4, 0.5) is 0 Å². The zero-order chi connectivity index (χ0) is 13.8. The van der Waals surface area contributed by atoms with E-state index in [-0.39, 0.29) is 12.3 Å². The first-order chi connectivity index (χ1) is 9.08. The van der Waals surface area contributed by atoms with Crippen LogP contribution >= 0.6 is 0 Å². The van der Waals surface area contributed by atoms with Gasteiger partial charge in [0, 0.05) is 18.8 Å². The summed E-state index contributed by atoms with van der Waals surface area (Å²) >= 11 is 0. The highest BCUT2D eigenvalue weighted by molar-refractivity contribution is 5.66. The number of carboxylic acid groups (broad SMARTS) is 1. The average molecular weight is 266 g/mol. The molecule has 0 radical (unpaired) electrons. The Kier molecular flexibility index (Phi) is 4.56. The predicted molar refractivity (Wildman–Crippen MR) is 69.8 cm³/mol. The van der Waals surface area contributed by atoms with Crippen LogP contribution in [0.3, 0.4) is 0 Å². The smallest absolute Gasteiger partial charge is 0.303 e. The van der Waals surface area contributed by atoms with E-state index in [1.165, 1.54) is 12.8 Å². The molecule has 0 aliphatic heterocycles. The summed E-state index contributed by atoms with van der Waals surface area (Å²) in [5.74, 6) is 1.85. The molecule has 5 heteroatoms. The standard InChI is InChI=1S/C14H22N2O3/c1-3-10-4-5-11(8-10)14-15-12(19-16-14)6-9(2)7-13(17)18/h9-11H,3-8H2,1-2H3,(H,17,18). The van der Waals surface area contributed by atoms with E-state index in [1.807, 2.05) is 6.92 Å². The molecule has 106 valence electrons. The third-order valence-corrected chi connectivity index (χ3v) is 4.01. The summed E-state index contributed by atoms with van der Waals surface area (Å²) in [6, 6.07) is 0. The largest absolute Gasteiger partial charge is 0.481 e. The lowest BCUT2D eigenvalue weighted by molar-refractivity contribution is -0.137. The summed E-state index contributed by atoms with van der Waals surface area (Å²) in [7, 11) is 0. The van der Waals surface area contributed by atoms with Gasteiger partial charge in [0.05, 0.1) is 0 Å². The number of carboxylic acids is 1. The third-order valence-electron chi connectivity index (χ3n) is 4.01. The molecule has 1 aliphatic carbocycles. The van der Waals surface area contributed by atoms with Crippen molar-refractivity contribution < 1.29 is 14.4 Å². The van der Waals surface area contributed by atoms with Gasteiger partial charge in [-0.25, -0.2) is 0 Å². The number of aliphatic carboxylic acids is 1. The second-order valence-corrected chi connectivity index (χ2v) is 5.74. The molecule has 0 bridgehead atoms. The van der Waals surface area contributed by atoms with Crippen molar-refractivity contribution in [3.63, 3.8) is 0 Å². The van der Waals surface area contributed by atoms with E-state index in [4.69, 9.17) is 9.63 Å². The fraction of sp³-hybridized carbons (Fsp3) is 0.786. The van der Waals surface area contributed by atoms with Gasteiger partial charge >= 0.3 is 5.97 Å². The summed E-state index contributed by atoms with van der Waals surface area (Å²) in [5, 5.41) is 12.8. The highest BCUT2D eigenvalue weighted by Crippen LogP contribution is 2.38. The molecule has 19 heavy (non-hydrogen) atoms. The quantitative estimate of drug-likeness (QED) is 0.856. The monoisotopic (exact) mass is 266 g/mol. The second-order valence-electron chi connectivity index (χ2n) is 5.74. The van der Waals surface area contributed by atoms with Gasteiger partial charge in [-0.2, -0.15) is 4.98 Å². The lowest BCUT2D eigenvalue weighted by atomic mass is 10.0. The summed E-state index contributed by atoms with van der Waals surface area (Å²) in [6.07, 6.45) is 5.45. The Hall–Kier alpha value is -1.39. The van der Waals surface area contributed by atoms with Crippen LogP contribution in [0.1, 0.15) is 63.6 Å². The predicted octanol–water partition coefficient (Wildman–Crippen LogP) is 3.02. The Morgan fingerprint density at radius 3 is 2.95 bits per heavy atom. The van der Waals surface area contributed by atoms with Gasteiger partial charge < -0.3 is 9.63 Å². The van der Waals surface area contributed by atoms with E-state index in [9.17, 15) is 4.79 Å². The van der Waals surface area contributed by atoms with Crippen LogP contribution in [-0.2, 0) is 11.2 Å². The summed E-state index contributed by atoms with van der Waals surface area (Å²) in [5.41, 5.74) is 0. The molecule has 0 saturated heterocycles. The van der Waals surface area contributed by atoms with E-state index in [0.29, 0.717) is 18.2 Å². The molecular weight excluding hydrogens is 244 g/mol. The molecule has 1 heterocycles. The van der Waals surface area contributed by atoms with Crippen LogP contribution in [0, 0.1) is 11.8 Å². The molecule has 5 nitrogen and oxygen atoms in total. The van der Waals surface area contributed by atoms with Gasteiger partial charge in [0.15, 0.2) is 5.82 Å². The van der Waals surface area contributed by atoms with Crippen molar-refractivity contribution >= 4 is 5.97 Å². The molecule has 1 aliphatic rings. The Labute approximate surface area is 113 Å². The zero-order valence-corrected chi connectivity index (χ0v) is 11.6. The van der Waals surface area contributed by atoms with Crippen LogP contribution in [0.25, 0.3) is 0 Å². The second kappa shape index (κ2) is 6.17. The number of carbonyl (C=O) groups is 1. The van der Waals surface area contributed by atoms with E-state index in [0.717, 1.165) is 24.6 Å². The van der Waals surface area contributed by atoms with Crippen molar-refractivity contribution in [1.82, 2.24) is 10.1 Å². The van der Waals surface area contributed by atoms with Gasteiger partial charge in [0.1, 0.15) is 0 Å². The lowest BCUT2D eigenvalue weighted by Gasteiger charge is -2.05. The fourth-order valence-electron chi connectivity index (χ4n) is 2.87. The Bertz CT molecular complexity index is 430. The SMILES string of the molecule is CCC1CCC(c2noc(CC(C)CC(=O)O)n2)C1. The molecule has 3 unspecified atom stereocenters. The minimum atomic E-state index is -0.784. The first-order valence-corrected chi connectivity index (χ1v) is 7.12. The lowest BCUT2D eigenvalue weighted by Crippen LogP contribution is -2.07. The van der Waals surface area contributed by atoms with E-state index in [2.05, 4.69) is 17.1 Å². The van der Waals surface area contributed by atoms with Crippen molar-refractivity contribution in [2.24, 2.45) is 11.8 Å². The van der Waals surface area contributed by atoms with Crippen LogP contribution < -0.4 is 0 Å². The maximum atomic E-state index is 10.6. The highest BCUT2D eigenvalue weighted by atomic mass is 16.5. The number of rotatable bonds is 6. The molecular formula is C14H22N2O3. The van der Waals surface area contributed by atoms with Crippen LogP contribution in [0.5, 0.6) is 0 Å². The molecule has 3 atom stereocenters. The van der Waals surface area contributed by atoms with Gasteiger partial charge in [-0.05, 0) is 31.1 Å². The van der Waals surface area contributed by atoms with Gasteiger partial charge in [-0.15, -0.1) is 0 Å². The molecule has 0 spiro atoms. The molecule has 1 saturated carbocycles.